The topological polar surface area (TPSA) is 35.2 Å². The molecule has 3 atom stereocenters. The van der Waals surface area contributed by atoms with Crippen molar-refractivity contribution in [3.63, 3.8) is 0 Å². The van der Waals surface area contributed by atoms with Crippen LogP contribution < -0.4 is 5.73 Å². The lowest BCUT2D eigenvalue weighted by atomic mass is 9.72. The Kier molecular flexibility index (Phi) is 4.21. The zero-order valence-electron chi connectivity index (χ0n) is 11.4. The van der Waals surface area contributed by atoms with Crippen molar-refractivity contribution in [1.82, 2.24) is 0 Å². The third-order valence-electron chi connectivity index (χ3n) is 5.35. The molecule has 2 aliphatic heterocycles. The van der Waals surface area contributed by atoms with E-state index >= 15 is 0 Å². The molecular weight excluding hydrogens is 242 g/mol. The van der Waals surface area contributed by atoms with Gasteiger partial charge in [0.15, 0.2) is 0 Å². The monoisotopic (exact) mass is 269 g/mol. The van der Waals surface area contributed by atoms with Crippen LogP contribution in [0.1, 0.15) is 51.4 Å². The molecule has 18 heavy (non-hydrogen) atoms. The highest BCUT2D eigenvalue weighted by Gasteiger charge is 2.41. The Morgan fingerprint density at radius 2 is 1.94 bits per heavy atom. The van der Waals surface area contributed by atoms with Gasteiger partial charge in [-0.25, -0.2) is 0 Å². The Bertz CT molecular complexity index is 266. The molecule has 1 spiro atoms. The van der Waals surface area contributed by atoms with Crippen molar-refractivity contribution in [3.05, 3.63) is 0 Å². The van der Waals surface area contributed by atoms with Gasteiger partial charge in [0.25, 0.3) is 0 Å². The fourth-order valence-corrected chi connectivity index (χ4v) is 5.51. The average molecular weight is 269 g/mol. The minimum absolute atomic E-state index is 0.227. The van der Waals surface area contributed by atoms with Gasteiger partial charge in [-0.15, -0.1) is 0 Å². The highest BCUT2D eigenvalue weighted by molar-refractivity contribution is 7.99. The van der Waals surface area contributed by atoms with E-state index in [1.54, 1.807) is 0 Å². The molecule has 0 bridgehead atoms. The van der Waals surface area contributed by atoms with Gasteiger partial charge in [0.05, 0.1) is 5.60 Å². The molecule has 2 saturated heterocycles. The molecule has 2 N–H and O–H groups in total. The molecule has 0 amide bonds. The molecular formula is C15H27NOS. The van der Waals surface area contributed by atoms with E-state index in [0.717, 1.165) is 18.4 Å². The van der Waals surface area contributed by atoms with Crippen molar-refractivity contribution < 1.29 is 4.74 Å². The molecule has 1 saturated carbocycles. The molecule has 3 heteroatoms. The van der Waals surface area contributed by atoms with E-state index in [4.69, 9.17) is 10.5 Å². The number of thioether (sulfide) groups is 1. The molecule has 0 aromatic heterocycles. The van der Waals surface area contributed by atoms with Crippen LogP contribution in [0, 0.1) is 11.8 Å². The smallest absolute Gasteiger partial charge is 0.0685 e. The maximum Gasteiger partial charge on any atom is 0.0685 e. The Balaban J connectivity index is 1.62. The van der Waals surface area contributed by atoms with Crippen molar-refractivity contribution in [2.75, 3.05) is 18.1 Å². The summed E-state index contributed by atoms with van der Waals surface area (Å²) in [5.41, 5.74) is 6.80. The number of hydrogen-bond acceptors (Lipinski definition) is 3. The fourth-order valence-electron chi connectivity index (χ4n) is 4.18. The maximum absolute atomic E-state index is 6.57. The molecule has 0 radical (unpaired) electrons. The van der Waals surface area contributed by atoms with Gasteiger partial charge in [-0.05, 0) is 55.4 Å². The molecule has 3 unspecified atom stereocenters. The van der Waals surface area contributed by atoms with Gasteiger partial charge in [0.2, 0.25) is 0 Å². The van der Waals surface area contributed by atoms with Crippen molar-refractivity contribution in [3.8, 4) is 0 Å². The summed E-state index contributed by atoms with van der Waals surface area (Å²) < 4.78 is 6.19. The van der Waals surface area contributed by atoms with Crippen LogP contribution in [0.4, 0.5) is 0 Å². The van der Waals surface area contributed by atoms with Crippen molar-refractivity contribution in [2.45, 2.75) is 63.0 Å². The van der Waals surface area contributed by atoms with Gasteiger partial charge >= 0.3 is 0 Å². The molecule has 0 aromatic carbocycles. The van der Waals surface area contributed by atoms with E-state index in [-0.39, 0.29) is 5.60 Å². The lowest BCUT2D eigenvalue weighted by molar-refractivity contribution is -0.122. The molecule has 3 aliphatic rings. The van der Waals surface area contributed by atoms with Gasteiger partial charge in [0, 0.05) is 12.6 Å². The Morgan fingerprint density at radius 3 is 2.67 bits per heavy atom. The van der Waals surface area contributed by atoms with Crippen molar-refractivity contribution in [2.24, 2.45) is 17.6 Å². The van der Waals surface area contributed by atoms with E-state index < -0.39 is 0 Å². The number of nitrogens with two attached hydrogens (primary N) is 1. The van der Waals surface area contributed by atoms with E-state index in [0.29, 0.717) is 6.04 Å². The first-order valence-corrected chi connectivity index (χ1v) is 8.92. The average Bonchev–Trinajstić information content (AvgIpc) is 2.93. The fraction of sp³-hybridized carbons (Fsp3) is 1.00. The molecule has 3 fully saturated rings. The highest BCUT2D eigenvalue weighted by Crippen LogP contribution is 2.43. The van der Waals surface area contributed by atoms with Crippen molar-refractivity contribution in [1.29, 1.82) is 0 Å². The van der Waals surface area contributed by atoms with Gasteiger partial charge in [0.1, 0.15) is 0 Å². The lowest BCUT2D eigenvalue weighted by Gasteiger charge is -2.45. The largest absolute Gasteiger partial charge is 0.375 e. The number of hydrogen-bond donors (Lipinski definition) is 1. The zero-order valence-corrected chi connectivity index (χ0v) is 12.2. The zero-order chi connectivity index (χ0) is 12.4. The number of rotatable bonds is 2. The Morgan fingerprint density at radius 1 is 1.11 bits per heavy atom. The summed E-state index contributed by atoms with van der Waals surface area (Å²) in [6, 6.07) is 0.433. The summed E-state index contributed by atoms with van der Waals surface area (Å²) in [6.45, 7) is 0.957. The van der Waals surface area contributed by atoms with Crippen LogP contribution in [0.5, 0.6) is 0 Å². The first-order valence-electron chi connectivity index (χ1n) is 7.76. The maximum atomic E-state index is 6.57. The molecule has 3 rings (SSSR count). The predicted octanol–water partition coefficient (Wildman–Crippen LogP) is 3.20. The third-order valence-corrected chi connectivity index (χ3v) is 6.54. The van der Waals surface area contributed by atoms with E-state index in [1.807, 2.05) is 0 Å². The molecule has 104 valence electrons. The first kappa shape index (κ1) is 13.3. The standard InChI is InChI=1S/C15H27NOS/c16-14(13-5-9-18-11-13)12-4-8-17-15(10-12)6-2-1-3-7-15/h12-14H,1-11,16H2. The van der Waals surface area contributed by atoms with Crippen LogP contribution in [-0.2, 0) is 4.74 Å². The minimum atomic E-state index is 0.227. The summed E-state index contributed by atoms with van der Waals surface area (Å²) in [4.78, 5) is 0. The van der Waals surface area contributed by atoms with E-state index in [2.05, 4.69) is 11.8 Å². The number of ether oxygens (including phenoxy) is 1. The second kappa shape index (κ2) is 5.72. The summed E-state index contributed by atoms with van der Waals surface area (Å²) in [5, 5.41) is 0. The van der Waals surface area contributed by atoms with Gasteiger partial charge < -0.3 is 10.5 Å². The summed E-state index contributed by atoms with van der Waals surface area (Å²) in [5.74, 6) is 4.12. The Hall–Kier alpha value is 0.270. The molecule has 1 aliphatic carbocycles. The lowest BCUT2D eigenvalue weighted by Crippen LogP contribution is -2.48. The summed E-state index contributed by atoms with van der Waals surface area (Å²) in [7, 11) is 0. The summed E-state index contributed by atoms with van der Waals surface area (Å²) >= 11 is 2.09. The minimum Gasteiger partial charge on any atom is -0.375 e. The first-order chi connectivity index (χ1) is 8.79. The van der Waals surface area contributed by atoms with Crippen LogP contribution in [0.15, 0.2) is 0 Å². The van der Waals surface area contributed by atoms with Crippen LogP contribution in [-0.4, -0.2) is 29.8 Å². The van der Waals surface area contributed by atoms with Crippen molar-refractivity contribution >= 4 is 11.8 Å². The molecule has 2 heterocycles. The third kappa shape index (κ3) is 2.73. The normalized spacial score (nSPS) is 37.8. The summed E-state index contributed by atoms with van der Waals surface area (Å²) in [6.07, 6.45) is 10.5. The Labute approximate surface area is 115 Å². The van der Waals surface area contributed by atoms with Crippen LogP contribution in [0.2, 0.25) is 0 Å². The van der Waals surface area contributed by atoms with Gasteiger partial charge in [-0.2, -0.15) is 11.8 Å². The van der Waals surface area contributed by atoms with Crippen LogP contribution >= 0.6 is 11.8 Å². The second-order valence-corrected chi connectivity index (χ2v) is 7.70. The SMILES string of the molecule is NC(C1CCSC1)C1CCOC2(CCCCC2)C1. The van der Waals surface area contributed by atoms with Gasteiger partial charge in [-0.3, -0.25) is 0 Å². The molecule has 2 nitrogen and oxygen atoms in total. The van der Waals surface area contributed by atoms with Crippen LogP contribution in [0.25, 0.3) is 0 Å². The second-order valence-electron chi connectivity index (χ2n) is 6.55. The van der Waals surface area contributed by atoms with Gasteiger partial charge in [-0.1, -0.05) is 19.3 Å². The highest BCUT2D eigenvalue weighted by atomic mass is 32.2. The molecule has 0 aromatic rings. The van der Waals surface area contributed by atoms with Crippen LogP contribution in [0.3, 0.4) is 0 Å². The predicted molar refractivity (Wildman–Crippen MR) is 77.9 cm³/mol. The quantitative estimate of drug-likeness (QED) is 0.836. The van der Waals surface area contributed by atoms with E-state index in [9.17, 15) is 0 Å². The van der Waals surface area contributed by atoms with E-state index in [1.165, 1.54) is 62.9 Å².